The van der Waals surface area contributed by atoms with Gasteiger partial charge in [0.25, 0.3) is 0 Å². The van der Waals surface area contributed by atoms with Crippen LogP contribution in [0.4, 0.5) is 13.9 Å². The predicted octanol–water partition coefficient (Wildman–Crippen LogP) is 3.22. The fraction of sp³-hybridized carbons (Fsp3) is 0.400. The average molecular weight is 362 g/mol. The van der Waals surface area contributed by atoms with Crippen LogP contribution < -0.4 is 11.1 Å². The quantitative estimate of drug-likeness (QED) is 0.877. The van der Waals surface area contributed by atoms with E-state index in [0.29, 0.717) is 43.3 Å². The summed E-state index contributed by atoms with van der Waals surface area (Å²) in [5.74, 6) is -1.10. The molecule has 0 atom stereocenters. The van der Waals surface area contributed by atoms with Crippen molar-refractivity contribution in [2.24, 2.45) is 0 Å². The molecule has 8 heteroatoms. The van der Waals surface area contributed by atoms with Crippen molar-refractivity contribution in [2.75, 3.05) is 18.9 Å². The monoisotopic (exact) mass is 361 g/mol. The number of nitrogens with zero attached hydrogens (tertiary/aromatic N) is 1. The molecule has 0 radical (unpaired) electrons. The highest BCUT2D eigenvalue weighted by Crippen LogP contribution is 2.34. The molecule has 1 saturated heterocycles. The van der Waals surface area contributed by atoms with Crippen LogP contribution in [0.25, 0.3) is 0 Å². The van der Waals surface area contributed by atoms with E-state index in [0.717, 1.165) is 10.9 Å². The first kappa shape index (κ1) is 18.1. The van der Waals surface area contributed by atoms with Crippen LogP contribution in [-0.4, -0.2) is 18.2 Å². The van der Waals surface area contributed by atoms with E-state index in [4.69, 9.17) is 10.5 Å². The molecular formula is C15H18ClF2N3OS. The SMILES string of the molecule is Cl.Nc1ncc(CNC2(c3ccc(F)cc3F)CCOCC2)s1. The number of nitrogen functional groups attached to an aromatic ring is 1. The molecule has 0 amide bonds. The van der Waals surface area contributed by atoms with Gasteiger partial charge in [-0.3, -0.25) is 0 Å². The number of thiazole rings is 1. The van der Waals surface area contributed by atoms with Crippen LogP contribution in [0.2, 0.25) is 0 Å². The lowest BCUT2D eigenvalue weighted by atomic mass is 9.82. The molecule has 3 N–H and O–H groups in total. The van der Waals surface area contributed by atoms with Crippen LogP contribution in [0.5, 0.6) is 0 Å². The predicted molar refractivity (Wildman–Crippen MR) is 88.7 cm³/mol. The molecule has 4 nitrogen and oxygen atoms in total. The van der Waals surface area contributed by atoms with Gasteiger partial charge in [0.15, 0.2) is 5.13 Å². The summed E-state index contributed by atoms with van der Waals surface area (Å²) in [5.41, 5.74) is 5.55. The number of nitrogens with two attached hydrogens (primary N) is 1. The van der Waals surface area contributed by atoms with Crippen LogP contribution in [0, 0.1) is 11.6 Å². The molecule has 3 rings (SSSR count). The minimum atomic E-state index is -0.571. The third-order valence-corrected chi connectivity index (χ3v) is 4.79. The van der Waals surface area contributed by atoms with Gasteiger partial charge in [0.05, 0.1) is 5.54 Å². The van der Waals surface area contributed by atoms with Crippen molar-refractivity contribution in [1.29, 1.82) is 0 Å². The number of aromatic nitrogens is 1. The highest BCUT2D eigenvalue weighted by Gasteiger charge is 2.36. The Morgan fingerprint density at radius 2 is 2.04 bits per heavy atom. The lowest BCUT2D eigenvalue weighted by molar-refractivity contribution is 0.0344. The van der Waals surface area contributed by atoms with Gasteiger partial charge in [0.1, 0.15) is 11.6 Å². The lowest BCUT2D eigenvalue weighted by Gasteiger charge is -2.39. The van der Waals surface area contributed by atoms with Crippen molar-refractivity contribution in [3.05, 3.63) is 46.5 Å². The van der Waals surface area contributed by atoms with E-state index in [1.54, 1.807) is 6.20 Å². The Labute approximate surface area is 143 Å². The summed E-state index contributed by atoms with van der Waals surface area (Å²) >= 11 is 1.40. The highest BCUT2D eigenvalue weighted by molar-refractivity contribution is 7.15. The average Bonchev–Trinajstić information content (AvgIpc) is 2.92. The first-order chi connectivity index (χ1) is 10.6. The number of rotatable bonds is 4. The van der Waals surface area contributed by atoms with Crippen molar-refractivity contribution < 1.29 is 13.5 Å². The molecule has 1 aliphatic heterocycles. The number of halogens is 3. The van der Waals surface area contributed by atoms with E-state index in [1.807, 2.05) is 0 Å². The van der Waals surface area contributed by atoms with Crippen molar-refractivity contribution in [2.45, 2.75) is 24.9 Å². The topological polar surface area (TPSA) is 60.2 Å². The van der Waals surface area contributed by atoms with Gasteiger partial charge in [0, 0.05) is 42.5 Å². The Morgan fingerprint density at radius 3 is 2.65 bits per heavy atom. The molecular weight excluding hydrogens is 344 g/mol. The Kier molecular flexibility index (Phi) is 5.91. The van der Waals surface area contributed by atoms with Gasteiger partial charge < -0.3 is 15.8 Å². The van der Waals surface area contributed by atoms with Gasteiger partial charge in [-0.05, 0) is 18.9 Å². The fourth-order valence-electron chi connectivity index (χ4n) is 2.80. The zero-order chi connectivity index (χ0) is 15.6. The number of nitrogens with one attached hydrogen (secondary N) is 1. The standard InChI is InChI=1S/C15H17F2N3OS.ClH/c16-10-1-2-12(13(17)7-10)15(3-5-21-6-4-15)20-9-11-8-19-14(18)22-11;/h1-2,7-8,20H,3-6,9H2,(H2,18,19);1H. The van der Waals surface area contributed by atoms with E-state index in [2.05, 4.69) is 10.3 Å². The summed E-state index contributed by atoms with van der Waals surface area (Å²) in [6.07, 6.45) is 2.97. The number of benzene rings is 1. The molecule has 0 spiro atoms. The maximum absolute atomic E-state index is 14.3. The highest BCUT2D eigenvalue weighted by atomic mass is 35.5. The summed E-state index contributed by atoms with van der Waals surface area (Å²) in [5, 5.41) is 3.92. The molecule has 0 bridgehead atoms. The minimum absolute atomic E-state index is 0. The number of hydrogen-bond acceptors (Lipinski definition) is 5. The minimum Gasteiger partial charge on any atom is -0.381 e. The first-order valence-electron chi connectivity index (χ1n) is 7.07. The fourth-order valence-corrected chi connectivity index (χ4v) is 3.42. The van der Waals surface area contributed by atoms with Crippen LogP contribution in [0.15, 0.2) is 24.4 Å². The molecule has 23 heavy (non-hydrogen) atoms. The first-order valence-corrected chi connectivity index (χ1v) is 7.89. The van der Waals surface area contributed by atoms with Gasteiger partial charge in [-0.2, -0.15) is 0 Å². The summed E-state index contributed by atoms with van der Waals surface area (Å²) < 4.78 is 32.8. The molecule has 126 valence electrons. The largest absolute Gasteiger partial charge is 0.381 e. The normalized spacial score (nSPS) is 16.8. The Bertz CT molecular complexity index is 662. The summed E-state index contributed by atoms with van der Waals surface area (Å²) in [6.45, 7) is 1.61. The Morgan fingerprint density at radius 1 is 1.30 bits per heavy atom. The molecule has 1 aromatic carbocycles. The van der Waals surface area contributed by atoms with Crippen LogP contribution in [-0.2, 0) is 16.8 Å². The van der Waals surface area contributed by atoms with Gasteiger partial charge in [0.2, 0.25) is 0 Å². The number of anilines is 1. The Balaban J connectivity index is 0.00000192. The van der Waals surface area contributed by atoms with E-state index in [-0.39, 0.29) is 12.4 Å². The van der Waals surface area contributed by atoms with Gasteiger partial charge in [-0.1, -0.05) is 6.07 Å². The zero-order valence-electron chi connectivity index (χ0n) is 12.4. The smallest absolute Gasteiger partial charge is 0.180 e. The van der Waals surface area contributed by atoms with E-state index < -0.39 is 17.2 Å². The number of hydrogen-bond donors (Lipinski definition) is 2. The van der Waals surface area contributed by atoms with E-state index in [9.17, 15) is 8.78 Å². The summed E-state index contributed by atoms with van der Waals surface area (Å²) in [4.78, 5) is 4.99. The van der Waals surface area contributed by atoms with E-state index in [1.165, 1.54) is 23.5 Å². The van der Waals surface area contributed by atoms with Gasteiger partial charge in [-0.15, -0.1) is 23.7 Å². The van der Waals surface area contributed by atoms with Crippen LogP contribution in [0.1, 0.15) is 23.3 Å². The van der Waals surface area contributed by atoms with Crippen LogP contribution >= 0.6 is 23.7 Å². The maximum Gasteiger partial charge on any atom is 0.180 e. The van der Waals surface area contributed by atoms with Crippen molar-refractivity contribution >= 4 is 28.9 Å². The summed E-state index contributed by atoms with van der Waals surface area (Å²) in [7, 11) is 0. The number of ether oxygens (including phenoxy) is 1. The van der Waals surface area contributed by atoms with Crippen molar-refractivity contribution in [3.63, 3.8) is 0 Å². The lowest BCUT2D eigenvalue weighted by Crippen LogP contribution is -2.46. The third kappa shape index (κ3) is 3.98. The second-order valence-electron chi connectivity index (χ2n) is 5.34. The zero-order valence-corrected chi connectivity index (χ0v) is 14.0. The Hall–Kier alpha value is -1.28. The molecule has 2 aromatic rings. The molecule has 0 saturated carbocycles. The molecule has 0 unspecified atom stereocenters. The van der Waals surface area contributed by atoms with Gasteiger partial charge >= 0.3 is 0 Å². The maximum atomic E-state index is 14.3. The van der Waals surface area contributed by atoms with E-state index >= 15 is 0 Å². The van der Waals surface area contributed by atoms with Crippen LogP contribution in [0.3, 0.4) is 0 Å². The second-order valence-corrected chi connectivity index (χ2v) is 6.48. The molecule has 0 aliphatic carbocycles. The molecule has 2 heterocycles. The molecule has 1 aliphatic rings. The molecule has 1 fully saturated rings. The second kappa shape index (κ2) is 7.53. The van der Waals surface area contributed by atoms with Crippen molar-refractivity contribution in [3.8, 4) is 0 Å². The van der Waals surface area contributed by atoms with Gasteiger partial charge in [-0.25, -0.2) is 13.8 Å². The molecule has 1 aromatic heterocycles. The van der Waals surface area contributed by atoms with Crippen molar-refractivity contribution in [1.82, 2.24) is 10.3 Å². The third-order valence-electron chi connectivity index (χ3n) is 3.97. The summed E-state index contributed by atoms with van der Waals surface area (Å²) in [6, 6.07) is 3.74.